The molecule has 1 aromatic carbocycles. The molecule has 0 aliphatic heterocycles. The minimum atomic E-state index is 0.0635. The van der Waals surface area contributed by atoms with E-state index < -0.39 is 0 Å². The van der Waals surface area contributed by atoms with Crippen LogP contribution < -0.4 is 11.3 Å². The van der Waals surface area contributed by atoms with Crippen molar-refractivity contribution < 1.29 is 0 Å². The summed E-state index contributed by atoms with van der Waals surface area (Å²) in [5.74, 6) is 6.21. The first-order chi connectivity index (χ1) is 7.54. The summed E-state index contributed by atoms with van der Waals surface area (Å²) < 4.78 is 0. The third-order valence-electron chi connectivity index (χ3n) is 2.57. The van der Waals surface area contributed by atoms with Gasteiger partial charge in [-0.05, 0) is 42.5 Å². The largest absolute Gasteiger partial charge is 0.271 e. The van der Waals surface area contributed by atoms with Crippen molar-refractivity contribution in [3.63, 3.8) is 0 Å². The predicted molar refractivity (Wildman–Crippen MR) is 70.6 cm³/mol. The number of halogens is 2. The van der Waals surface area contributed by atoms with E-state index in [0.717, 1.165) is 18.4 Å². The van der Waals surface area contributed by atoms with Gasteiger partial charge in [-0.15, -0.1) is 0 Å². The predicted octanol–water partition coefficient (Wildman–Crippen LogP) is 3.93. The molecule has 0 radical (unpaired) electrons. The summed E-state index contributed by atoms with van der Waals surface area (Å²) in [7, 11) is 0. The quantitative estimate of drug-likeness (QED) is 0.622. The molecule has 0 aliphatic carbocycles. The molecule has 0 spiro atoms. The van der Waals surface area contributed by atoms with Gasteiger partial charge in [-0.3, -0.25) is 11.3 Å². The van der Waals surface area contributed by atoms with E-state index in [4.69, 9.17) is 29.0 Å². The van der Waals surface area contributed by atoms with Gasteiger partial charge < -0.3 is 0 Å². The molecular weight excluding hydrogens is 243 g/mol. The van der Waals surface area contributed by atoms with Crippen LogP contribution in [-0.2, 0) is 0 Å². The van der Waals surface area contributed by atoms with Crippen LogP contribution in [0, 0.1) is 5.92 Å². The lowest BCUT2D eigenvalue weighted by Crippen LogP contribution is -2.28. The van der Waals surface area contributed by atoms with Crippen molar-refractivity contribution in [2.45, 2.75) is 32.7 Å². The normalized spacial score (nSPS) is 13.1. The molecule has 90 valence electrons. The van der Waals surface area contributed by atoms with Crippen molar-refractivity contribution in [2.24, 2.45) is 11.8 Å². The van der Waals surface area contributed by atoms with Crippen LogP contribution in [0.5, 0.6) is 0 Å². The first-order valence-corrected chi connectivity index (χ1v) is 6.21. The average molecular weight is 261 g/mol. The van der Waals surface area contributed by atoms with Gasteiger partial charge in [0.15, 0.2) is 0 Å². The van der Waals surface area contributed by atoms with E-state index in [9.17, 15) is 0 Å². The Morgan fingerprint density at radius 1 is 1.25 bits per heavy atom. The van der Waals surface area contributed by atoms with Crippen molar-refractivity contribution in [2.75, 3.05) is 0 Å². The molecule has 0 amide bonds. The monoisotopic (exact) mass is 260 g/mol. The Balaban J connectivity index is 2.81. The summed E-state index contributed by atoms with van der Waals surface area (Å²) in [5, 5.41) is 1.39. The molecule has 0 heterocycles. The first-order valence-electron chi connectivity index (χ1n) is 5.45. The Bertz CT molecular complexity index is 340. The van der Waals surface area contributed by atoms with Gasteiger partial charge in [0.1, 0.15) is 0 Å². The van der Waals surface area contributed by atoms with Crippen LogP contribution in [0.2, 0.25) is 10.0 Å². The Kier molecular flexibility index (Phi) is 5.56. The van der Waals surface area contributed by atoms with E-state index in [-0.39, 0.29) is 6.04 Å². The van der Waals surface area contributed by atoms with Crippen LogP contribution in [-0.4, -0.2) is 0 Å². The molecule has 0 saturated carbocycles. The third-order valence-corrected chi connectivity index (χ3v) is 3.15. The molecule has 0 aromatic heterocycles. The zero-order valence-electron chi connectivity index (χ0n) is 9.63. The molecule has 1 rings (SSSR count). The molecular formula is C12H18Cl2N2. The van der Waals surface area contributed by atoms with Gasteiger partial charge in [-0.25, -0.2) is 0 Å². The average Bonchev–Trinajstić information content (AvgIpc) is 2.23. The number of nitrogens with two attached hydrogens (primary N) is 1. The molecule has 0 bridgehead atoms. The van der Waals surface area contributed by atoms with Crippen molar-refractivity contribution in [1.29, 1.82) is 0 Å². The molecule has 1 unspecified atom stereocenters. The SMILES string of the molecule is CC(C)CCC(NN)c1cc(Cl)ccc1Cl. The molecule has 4 heteroatoms. The van der Waals surface area contributed by atoms with E-state index in [1.165, 1.54) is 0 Å². The number of rotatable bonds is 5. The van der Waals surface area contributed by atoms with Crippen LogP contribution in [0.3, 0.4) is 0 Å². The highest BCUT2D eigenvalue weighted by molar-refractivity contribution is 6.33. The highest BCUT2D eigenvalue weighted by Gasteiger charge is 2.14. The van der Waals surface area contributed by atoms with Gasteiger partial charge in [0.05, 0.1) is 0 Å². The van der Waals surface area contributed by atoms with E-state index in [1.54, 1.807) is 12.1 Å². The van der Waals surface area contributed by atoms with Crippen molar-refractivity contribution >= 4 is 23.2 Å². The maximum Gasteiger partial charge on any atom is 0.0475 e. The van der Waals surface area contributed by atoms with E-state index in [1.807, 2.05) is 6.07 Å². The summed E-state index contributed by atoms with van der Waals surface area (Å²) in [6.07, 6.45) is 2.05. The summed E-state index contributed by atoms with van der Waals surface area (Å²) >= 11 is 12.1. The first kappa shape index (κ1) is 13.8. The van der Waals surface area contributed by atoms with Gasteiger partial charge in [0, 0.05) is 16.1 Å². The summed E-state index contributed by atoms with van der Waals surface area (Å²) in [5.41, 5.74) is 3.77. The lowest BCUT2D eigenvalue weighted by Gasteiger charge is -2.19. The molecule has 1 aromatic rings. The minimum Gasteiger partial charge on any atom is -0.271 e. The van der Waals surface area contributed by atoms with Gasteiger partial charge in [0.2, 0.25) is 0 Å². The molecule has 0 aliphatic rings. The molecule has 2 nitrogen and oxygen atoms in total. The second kappa shape index (κ2) is 6.45. The molecule has 0 fully saturated rings. The lowest BCUT2D eigenvalue weighted by molar-refractivity contribution is 0.448. The zero-order valence-corrected chi connectivity index (χ0v) is 11.1. The smallest absolute Gasteiger partial charge is 0.0475 e. The maximum atomic E-state index is 6.13. The number of hydrogen-bond donors (Lipinski definition) is 2. The van der Waals surface area contributed by atoms with Gasteiger partial charge >= 0.3 is 0 Å². The molecule has 3 N–H and O–H groups in total. The second-order valence-corrected chi connectivity index (χ2v) is 5.20. The highest BCUT2D eigenvalue weighted by atomic mass is 35.5. The fraction of sp³-hybridized carbons (Fsp3) is 0.500. The van der Waals surface area contributed by atoms with E-state index >= 15 is 0 Å². The highest BCUT2D eigenvalue weighted by Crippen LogP contribution is 2.29. The van der Waals surface area contributed by atoms with Crippen LogP contribution in [0.4, 0.5) is 0 Å². The van der Waals surface area contributed by atoms with Crippen molar-refractivity contribution in [3.8, 4) is 0 Å². The van der Waals surface area contributed by atoms with Crippen LogP contribution in [0.25, 0.3) is 0 Å². The number of hydrogen-bond acceptors (Lipinski definition) is 2. The summed E-state index contributed by atoms with van der Waals surface area (Å²) in [6, 6.07) is 5.52. The number of benzene rings is 1. The standard InChI is InChI=1S/C12H18Cl2N2/c1-8(2)3-6-12(16-15)10-7-9(13)4-5-11(10)14/h4-5,7-8,12,16H,3,6,15H2,1-2H3. The van der Waals surface area contributed by atoms with Gasteiger partial charge in [0.25, 0.3) is 0 Å². The Labute approximate surface area is 107 Å². The van der Waals surface area contributed by atoms with Crippen molar-refractivity contribution in [3.05, 3.63) is 33.8 Å². The van der Waals surface area contributed by atoms with Crippen LogP contribution >= 0.6 is 23.2 Å². The minimum absolute atomic E-state index is 0.0635. The third kappa shape index (κ3) is 3.95. The van der Waals surface area contributed by atoms with E-state index in [0.29, 0.717) is 16.0 Å². The molecule has 0 saturated heterocycles. The molecule has 16 heavy (non-hydrogen) atoms. The summed E-state index contributed by atoms with van der Waals surface area (Å²) in [4.78, 5) is 0. The maximum absolute atomic E-state index is 6.13. The van der Waals surface area contributed by atoms with Crippen molar-refractivity contribution in [1.82, 2.24) is 5.43 Å². The van der Waals surface area contributed by atoms with E-state index in [2.05, 4.69) is 19.3 Å². The van der Waals surface area contributed by atoms with Crippen LogP contribution in [0.15, 0.2) is 18.2 Å². The zero-order chi connectivity index (χ0) is 12.1. The Hall–Kier alpha value is -0.280. The number of hydrazine groups is 1. The number of nitrogens with one attached hydrogen (secondary N) is 1. The van der Waals surface area contributed by atoms with Gasteiger partial charge in [-0.2, -0.15) is 0 Å². The van der Waals surface area contributed by atoms with Gasteiger partial charge in [-0.1, -0.05) is 37.0 Å². The Morgan fingerprint density at radius 2 is 1.94 bits per heavy atom. The second-order valence-electron chi connectivity index (χ2n) is 4.36. The molecule has 1 atom stereocenters. The Morgan fingerprint density at radius 3 is 2.50 bits per heavy atom. The van der Waals surface area contributed by atoms with Crippen LogP contribution in [0.1, 0.15) is 38.3 Å². The fourth-order valence-electron chi connectivity index (χ4n) is 1.61. The fourth-order valence-corrected chi connectivity index (χ4v) is 2.04. The summed E-state index contributed by atoms with van der Waals surface area (Å²) in [6.45, 7) is 4.38. The topological polar surface area (TPSA) is 38.0 Å². The lowest BCUT2D eigenvalue weighted by atomic mass is 9.98.